The van der Waals surface area contributed by atoms with E-state index in [-0.39, 0.29) is 18.3 Å². The zero-order valence-electron chi connectivity index (χ0n) is 12.0. The molecule has 5 nitrogen and oxygen atoms in total. The second-order valence-corrected chi connectivity index (χ2v) is 5.47. The number of amides is 1. The van der Waals surface area contributed by atoms with Crippen LogP contribution in [0.1, 0.15) is 58.3 Å². The average Bonchev–Trinajstić information content (AvgIpc) is 2.66. The minimum Gasteiger partial charge on any atom is -0.409 e. The highest BCUT2D eigenvalue weighted by atomic mass is 16.4. The van der Waals surface area contributed by atoms with Gasteiger partial charge in [0.15, 0.2) is 5.84 Å². The van der Waals surface area contributed by atoms with E-state index in [1.807, 2.05) is 6.92 Å². The number of rotatable bonds is 6. The third-order valence-corrected chi connectivity index (χ3v) is 3.77. The highest BCUT2D eigenvalue weighted by Gasteiger charge is 2.20. The molecule has 1 amide bonds. The van der Waals surface area contributed by atoms with E-state index < -0.39 is 0 Å². The van der Waals surface area contributed by atoms with Gasteiger partial charge in [-0.15, -0.1) is 0 Å². The van der Waals surface area contributed by atoms with Crippen molar-refractivity contribution < 1.29 is 10.0 Å². The fourth-order valence-corrected chi connectivity index (χ4v) is 2.73. The Hall–Kier alpha value is -1.26. The summed E-state index contributed by atoms with van der Waals surface area (Å²) in [7, 11) is 0. The Labute approximate surface area is 115 Å². The average molecular weight is 269 g/mol. The summed E-state index contributed by atoms with van der Waals surface area (Å²) in [6.45, 7) is 2.93. The number of hydrogen-bond donors (Lipinski definition) is 2. The lowest BCUT2D eigenvalue weighted by Crippen LogP contribution is -2.39. The van der Waals surface area contributed by atoms with Gasteiger partial charge in [0.2, 0.25) is 5.91 Å². The van der Waals surface area contributed by atoms with Gasteiger partial charge in [0, 0.05) is 13.0 Å². The SMILES string of the molecule is CCCN(CC(N)=NO)C(=O)CC1CCCCCC1. The van der Waals surface area contributed by atoms with Crippen LogP contribution in [0, 0.1) is 5.92 Å². The molecule has 0 unspecified atom stereocenters. The standard InChI is InChI=1S/C14H27N3O2/c1-2-9-17(11-13(15)16-19)14(18)10-12-7-5-3-4-6-8-12/h12,19H,2-11H2,1H3,(H2,15,16). The van der Waals surface area contributed by atoms with E-state index in [1.54, 1.807) is 4.90 Å². The molecule has 1 fully saturated rings. The maximum Gasteiger partial charge on any atom is 0.223 e. The van der Waals surface area contributed by atoms with Crippen molar-refractivity contribution in [1.82, 2.24) is 4.90 Å². The Kier molecular flexibility index (Phi) is 7.30. The van der Waals surface area contributed by atoms with Crippen LogP contribution in [0.5, 0.6) is 0 Å². The molecule has 0 aromatic rings. The summed E-state index contributed by atoms with van der Waals surface area (Å²) in [5.74, 6) is 0.754. The first-order valence-electron chi connectivity index (χ1n) is 7.41. The number of nitrogens with two attached hydrogens (primary N) is 1. The smallest absolute Gasteiger partial charge is 0.223 e. The maximum absolute atomic E-state index is 12.3. The first-order chi connectivity index (χ1) is 9.17. The molecule has 0 atom stereocenters. The van der Waals surface area contributed by atoms with Crippen LogP contribution in [0.15, 0.2) is 5.16 Å². The molecule has 0 heterocycles. The highest BCUT2D eigenvalue weighted by molar-refractivity contribution is 5.86. The molecule has 3 N–H and O–H groups in total. The normalized spacial score (nSPS) is 18.1. The van der Waals surface area contributed by atoms with Crippen molar-refractivity contribution >= 4 is 11.7 Å². The van der Waals surface area contributed by atoms with Crippen LogP contribution in [0.3, 0.4) is 0 Å². The van der Waals surface area contributed by atoms with Crippen LogP contribution < -0.4 is 5.73 Å². The summed E-state index contributed by atoms with van der Waals surface area (Å²) in [6.07, 6.45) is 8.90. The van der Waals surface area contributed by atoms with Gasteiger partial charge in [-0.2, -0.15) is 0 Å². The summed E-state index contributed by atoms with van der Waals surface area (Å²) in [5, 5.41) is 11.6. The van der Waals surface area contributed by atoms with E-state index in [0.717, 1.165) is 19.3 Å². The van der Waals surface area contributed by atoms with Gasteiger partial charge in [0.1, 0.15) is 0 Å². The van der Waals surface area contributed by atoms with Crippen LogP contribution in [-0.4, -0.2) is 34.9 Å². The number of carbonyl (C=O) groups excluding carboxylic acids is 1. The molecule has 1 rings (SSSR count). The van der Waals surface area contributed by atoms with Crippen molar-refractivity contribution in [2.24, 2.45) is 16.8 Å². The molecule has 0 aromatic carbocycles. The summed E-state index contributed by atoms with van der Waals surface area (Å²) in [6, 6.07) is 0. The monoisotopic (exact) mass is 269 g/mol. The molecular weight excluding hydrogens is 242 g/mol. The molecule has 19 heavy (non-hydrogen) atoms. The van der Waals surface area contributed by atoms with E-state index in [1.165, 1.54) is 25.7 Å². The lowest BCUT2D eigenvalue weighted by Gasteiger charge is -2.24. The molecule has 0 saturated heterocycles. The van der Waals surface area contributed by atoms with E-state index in [2.05, 4.69) is 5.16 Å². The predicted molar refractivity (Wildman–Crippen MR) is 76.1 cm³/mol. The Bertz CT molecular complexity index is 297. The molecule has 1 aliphatic rings. The highest BCUT2D eigenvalue weighted by Crippen LogP contribution is 2.25. The summed E-state index contributed by atoms with van der Waals surface area (Å²) in [5.41, 5.74) is 5.51. The van der Waals surface area contributed by atoms with Crippen molar-refractivity contribution in [3.05, 3.63) is 0 Å². The number of carbonyl (C=O) groups is 1. The summed E-state index contributed by atoms with van der Waals surface area (Å²) in [4.78, 5) is 14.0. The third kappa shape index (κ3) is 5.94. The van der Waals surface area contributed by atoms with Crippen molar-refractivity contribution in [3.8, 4) is 0 Å². The van der Waals surface area contributed by atoms with Crippen LogP contribution in [0.25, 0.3) is 0 Å². The van der Waals surface area contributed by atoms with Crippen molar-refractivity contribution in [2.75, 3.05) is 13.1 Å². The Morgan fingerprint density at radius 2 is 1.95 bits per heavy atom. The molecule has 0 aliphatic heterocycles. The molecular formula is C14H27N3O2. The molecule has 110 valence electrons. The van der Waals surface area contributed by atoms with Crippen LogP contribution in [-0.2, 0) is 4.79 Å². The van der Waals surface area contributed by atoms with Gasteiger partial charge in [-0.3, -0.25) is 4.79 Å². The Balaban J connectivity index is 2.50. The first-order valence-corrected chi connectivity index (χ1v) is 7.41. The molecule has 0 radical (unpaired) electrons. The molecule has 1 saturated carbocycles. The number of hydrogen-bond acceptors (Lipinski definition) is 3. The Morgan fingerprint density at radius 3 is 2.47 bits per heavy atom. The molecule has 5 heteroatoms. The number of oxime groups is 1. The predicted octanol–water partition coefficient (Wildman–Crippen LogP) is 2.33. The zero-order valence-corrected chi connectivity index (χ0v) is 12.0. The molecule has 0 bridgehead atoms. The number of amidine groups is 1. The Morgan fingerprint density at radius 1 is 1.32 bits per heavy atom. The minimum atomic E-state index is 0.0997. The first kappa shape index (κ1) is 15.8. The van der Waals surface area contributed by atoms with E-state index in [4.69, 9.17) is 10.9 Å². The van der Waals surface area contributed by atoms with E-state index >= 15 is 0 Å². The second kappa shape index (κ2) is 8.77. The zero-order chi connectivity index (χ0) is 14.1. The second-order valence-electron chi connectivity index (χ2n) is 5.47. The lowest BCUT2D eigenvalue weighted by molar-refractivity contribution is -0.131. The quantitative estimate of drug-likeness (QED) is 0.255. The molecule has 0 spiro atoms. The summed E-state index contributed by atoms with van der Waals surface area (Å²) >= 11 is 0. The van der Waals surface area contributed by atoms with Gasteiger partial charge in [-0.05, 0) is 25.2 Å². The largest absolute Gasteiger partial charge is 0.409 e. The van der Waals surface area contributed by atoms with Gasteiger partial charge in [0.25, 0.3) is 0 Å². The van der Waals surface area contributed by atoms with Gasteiger partial charge < -0.3 is 15.8 Å². The van der Waals surface area contributed by atoms with Crippen LogP contribution in [0.2, 0.25) is 0 Å². The van der Waals surface area contributed by atoms with E-state index in [9.17, 15) is 4.79 Å². The molecule has 1 aliphatic carbocycles. The van der Waals surface area contributed by atoms with Crippen molar-refractivity contribution in [1.29, 1.82) is 0 Å². The van der Waals surface area contributed by atoms with Gasteiger partial charge in [0.05, 0.1) is 6.54 Å². The van der Waals surface area contributed by atoms with Gasteiger partial charge in [-0.25, -0.2) is 0 Å². The minimum absolute atomic E-state index is 0.0997. The topological polar surface area (TPSA) is 78.9 Å². The van der Waals surface area contributed by atoms with Gasteiger partial charge >= 0.3 is 0 Å². The summed E-state index contributed by atoms with van der Waals surface area (Å²) < 4.78 is 0. The lowest BCUT2D eigenvalue weighted by atomic mass is 9.96. The van der Waals surface area contributed by atoms with Crippen LogP contribution in [0.4, 0.5) is 0 Å². The van der Waals surface area contributed by atoms with Crippen molar-refractivity contribution in [3.63, 3.8) is 0 Å². The maximum atomic E-state index is 12.3. The fraction of sp³-hybridized carbons (Fsp3) is 0.857. The van der Waals surface area contributed by atoms with Crippen LogP contribution >= 0.6 is 0 Å². The number of nitrogens with zero attached hydrogens (tertiary/aromatic N) is 2. The molecule has 0 aromatic heterocycles. The van der Waals surface area contributed by atoms with Gasteiger partial charge in [-0.1, -0.05) is 37.8 Å². The van der Waals surface area contributed by atoms with Crippen molar-refractivity contribution in [2.45, 2.75) is 58.3 Å². The van der Waals surface area contributed by atoms with E-state index in [0.29, 0.717) is 18.9 Å². The fourth-order valence-electron chi connectivity index (χ4n) is 2.73. The third-order valence-electron chi connectivity index (χ3n) is 3.77.